The third kappa shape index (κ3) is 89.3. The predicted molar refractivity (Wildman–Crippen MR) is 481 cm³/mol. The number of esters is 3. The van der Waals surface area contributed by atoms with E-state index in [4.69, 9.17) is 32.3 Å². The number of ether oxygens (including phenoxy) is 3. The molecule has 0 aliphatic rings. The van der Waals surface area contributed by atoms with Crippen molar-refractivity contribution in [3.05, 3.63) is 182 Å². The average molecular weight is 1650 g/mol. The summed E-state index contributed by atoms with van der Waals surface area (Å²) in [6.45, 7) is 2.34. The number of rotatable bonds is 84. The van der Waals surface area contributed by atoms with Crippen LogP contribution in [0, 0.1) is 0 Å². The second-order valence-electron chi connectivity index (χ2n) is 29.6. The van der Waals surface area contributed by atoms with Gasteiger partial charge in [-0.3, -0.25) is 32.5 Å². The predicted octanol–water partition coefficient (Wildman–Crippen LogP) is 27.7. The van der Waals surface area contributed by atoms with E-state index in [9.17, 15) is 43.5 Å². The fraction of sp³-hybridized carbons (Fsp3) is 0.660. The van der Waals surface area contributed by atoms with Crippen LogP contribution in [0.15, 0.2) is 182 Å². The first-order chi connectivity index (χ1) is 56.2. The van der Waals surface area contributed by atoms with Gasteiger partial charge in [0.15, 0.2) is 6.10 Å². The van der Waals surface area contributed by atoms with E-state index >= 15 is 0 Å². The zero-order chi connectivity index (χ0) is 83.6. The van der Waals surface area contributed by atoms with Gasteiger partial charge < -0.3 is 34.2 Å². The summed E-state index contributed by atoms with van der Waals surface area (Å²) in [5, 5.41) is 20.7. The number of phosphoric ester groups is 2. The SMILES string of the molecule is CC/C=C\C/C=C\C/C=C\C/C=C\C/C=C\C/C=C\CCCCCCCCCCCCCCCCCCC(=O)OCC(O)COP(=O)(O)OCC(O)COP(=O)(O)OCC(COC(=O)CCCCCCCCCCCC/C=C\C/C=C\C/C=C\C/C=C\C/C=C\C/C=C\CC)OC(=O)CCCCCCC/C=C\C/C=C\C/C=C\CC. The Labute approximate surface area is 700 Å². The van der Waals surface area contributed by atoms with E-state index in [1.807, 2.05) is 0 Å². The minimum absolute atomic E-state index is 0.0797. The zero-order valence-electron chi connectivity index (χ0n) is 72.1. The van der Waals surface area contributed by atoms with Crippen molar-refractivity contribution in [1.29, 1.82) is 0 Å². The second-order valence-corrected chi connectivity index (χ2v) is 32.5. The fourth-order valence-corrected chi connectivity index (χ4v) is 13.5. The molecule has 656 valence electrons. The van der Waals surface area contributed by atoms with Crippen LogP contribution >= 0.6 is 15.6 Å². The molecule has 0 aromatic carbocycles. The molecule has 0 aromatic heterocycles. The molecule has 0 spiro atoms. The lowest BCUT2D eigenvalue weighted by Crippen LogP contribution is -2.30. The summed E-state index contributed by atoms with van der Waals surface area (Å²) in [7, 11) is -9.81. The molecule has 115 heavy (non-hydrogen) atoms. The third-order valence-corrected chi connectivity index (χ3v) is 20.5. The lowest BCUT2D eigenvalue weighted by Gasteiger charge is -2.21. The van der Waals surface area contributed by atoms with Gasteiger partial charge in [-0.1, -0.05) is 364 Å². The highest BCUT2D eigenvalue weighted by Gasteiger charge is 2.29. The molecule has 5 unspecified atom stereocenters. The van der Waals surface area contributed by atoms with Crippen LogP contribution in [0.2, 0.25) is 0 Å². The van der Waals surface area contributed by atoms with E-state index < -0.39 is 91.5 Å². The number of carbonyl (C=O) groups is 3. The van der Waals surface area contributed by atoms with Crippen LogP contribution in [0.25, 0.3) is 0 Å². The number of hydrogen-bond acceptors (Lipinski definition) is 14. The summed E-state index contributed by atoms with van der Waals surface area (Å²) in [6.07, 6.45) is 115. The number of carbonyl (C=O) groups excluding carboxylic acids is 3. The van der Waals surface area contributed by atoms with E-state index in [0.717, 1.165) is 180 Å². The summed E-state index contributed by atoms with van der Waals surface area (Å²) >= 11 is 0. The molecule has 5 atom stereocenters. The van der Waals surface area contributed by atoms with Crippen LogP contribution in [-0.4, -0.2) is 95.9 Å². The van der Waals surface area contributed by atoms with E-state index in [1.54, 1.807) is 0 Å². The van der Waals surface area contributed by atoms with Gasteiger partial charge in [0.1, 0.15) is 25.4 Å². The van der Waals surface area contributed by atoms with Crippen molar-refractivity contribution in [3.8, 4) is 0 Å². The number of unbranched alkanes of at least 4 members (excludes halogenated alkanes) is 31. The average Bonchev–Trinajstić information content (AvgIpc) is 0.902. The van der Waals surface area contributed by atoms with E-state index in [-0.39, 0.29) is 19.3 Å². The first-order valence-corrected chi connectivity index (χ1v) is 48.1. The standard InChI is InChI=1S/C97H162O16P2/c1-4-7-10-13-16-19-22-25-28-30-32-34-36-38-40-42-43-44-45-46-47-49-51-52-54-56-58-60-63-65-68-71-74-77-80-83-95(100)107-86-92(98)87-109-114(103,104)110-88-93(99)89-111-115(105,106)112-91-94(113-97(102)85-82-79-76-73-70-67-62-27-24-21-18-15-12-9-6-3)90-108-96(101)84-81-78-75-72-69-66-64-61-59-57-55-53-50-48-41-39-37-35-33-31-29-26-23-20-17-14-11-8-5-2/h7-12,16-21,25-29,32-35,38-41,43-44,50,53,62,92-94,98-99H,4-6,13-15,22-24,30-31,36-37,42,45-49,51-52,54-61,63-91H2,1-3H3,(H,103,104)(H,105,106)/b10-7-,11-8-,12-9-,19-16-,20-17-,21-18-,28-25-,29-26-,34-32-,35-33-,40-38-,41-39-,44-43-,53-50-,62-27-. The molecule has 0 aliphatic heterocycles. The fourth-order valence-electron chi connectivity index (χ4n) is 11.9. The smallest absolute Gasteiger partial charge is 0.463 e. The molecule has 16 nitrogen and oxygen atoms in total. The molecule has 4 N–H and O–H groups in total. The van der Waals surface area contributed by atoms with Gasteiger partial charge in [0.05, 0.1) is 26.4 Å². The van der Waals surface area contributed by atoms with E-state index in [1.165, 1.54) is 116 Å². The van der Waals surface area contributed by atoms with Crippen LogP contribution in [0.4, 0.5) is 0 Å². The van der Waals surface area contributed by atoms with Crippen molar-refractivity contribution in [3.63, 3.8) is 0 Å². The Balaban J connectivity index is 4.46. The van der Waals surface area contributed by atoms with Crippen molar-refractivity contribution < 1.29 is 75.8 Å². The van der Waals surface area contributed by atoms with Gasteiger partial charge in [0.25, 0.3) is 0 Å². The third-order valence-electron chi connectivity index (χ3n) is 18.6. The summed E-state index contributed by atoms with van der Waals surface area (Å²) in [5.74, 6) is -1.60. The molecule has 0 heterocycles. The van der Waals surface area contributed by atoms with Crippen molar-refractivity contribution >= 4 is 33.6 Å². The molecule has 0 saturated heterocycles. The molecule has 0 aliphatic carbocycles. The second kappa shape index (κ2) is 87.9. The maximum atomic E-state index is 13.0. The molecule has 18 heteroatoms. The first kappa shape index (κ1) is 110. The summed E-state index contributed by atoms with van der Waals surface area (Å²) in [5.41, 5.74) is 0. The lowest BCUT2D eigenvalue weighted by molar-refractivity contribution is -0.161. The normalized spacial score (nSPS) is 14.7. The van der Waals surface area contributed by atoms with Crippen molar-refractivity contribution in [2.24, 2.45) is 0 Å². The van der Waals surface area contributed by atoms with Crippen molar-refractivity contribution in [2.75, 3.05) is 39.6 Å². The number of aliphatic hydroxyl groups excluding tert-OH is 2. The van der Waals surface area contributed by atoms with Crippen LogP contribution in [-0.2, 0) is 55.8 Å². The molecule has 0 radical (unpaired) electrons. The highest BCUT2D eigenvalue weighted by molar-refractivity contribution is 7.47. The van der Waals surface area contributed by atoms with Gasteiger partial charge in [-0.2, -0.15) is 0 Å². The Kier molecular flexibility index (Phi) is 83.9. The van der Waals surface area contributed by atoms with Crippen LogP contribution in [0.3, 0.4) is 0 Å². The highest BCUT2D eigenvalue weighted by atomic mass is 31.2. The topological polar surface area (TPSA) is 231 Å². The number of aliphatic hydroxyl groups is 2. The first-order valence-electron chi connectivity index (χ1n) is 45.1. The molecule has 0 saturated carbocycles. The van der Waals surface area contributed by atoms with Gasteiger partial charge in [-0.25, -0.2) is 9.13 Å². The summed E-state index contributed by atoms with van der Waals surface area (Å²) < 4.78 is 61.3. The Morgan fingerprint density at radius 2 is 0.435 bits per heavy atom. The maximum Gasteiger partial charge on any atom is 0.472 e. The Hall–Kier alpha value is -5.35. The van der Waals surface area contributed by atoms with Gasteiger partial charge in [0.2, 0.25) is 0 Å². The molecule has 0 fully saturated rings. The van der Waals surface area contributed by atoms with Crippen LogP contribution in [0.1, 0.15) is 355 Å². The molecule has 0 amide bonds. The van der Waals surface area contributed by atoms with Crippen LogP contribution in [0.5, 0.6) is 0 Å². The number of phosphoric acid groups is 2. The monoisotopic (exact) mass is 1650 g/mol. The molecular weight excluding hydrogens is 1480 g/mol. The molecule has 0 rings (SSSR count). The molecular formula is C97H162O16P2. The lowest BCUT2D eigenvalue weighted by atomic mass is 10.0. The maximum absolute atomic E-state index is 13.0. The minimum atomic E-state index is -4.95. The van der Waals surface area contributed by atoms with Gasteiger partial charge in [0, 0.05) is 19.3 Å². The summed E-state index contributed by atoms with van der Waals surface area (Å²) in [4.78, 5) is 58.9. The Morgan fingerprint density at radius 1 is 0.243 bits per heavy atom. The van der Waals surface area contributed by atoms with E-state index in [2.05, 4.69) is 203 Å². The van der Waals surface area contributed by atoms with Gasteiger partial charge in [-0.05, 0) is 154 Å². The minimum Gasteiger partial charge on any atom is -0.463 e. The quantitative estimate of drug-likeness (QED) is 0.0146. The molecule has 0 bridgehead atoms. The van der Waals surface area contributed by atoms with Gasteiger partial charge >= 0.3 is 33.6 Å². The summed E-state index contributed by atoms with van der Waals surface area (Å²) in [6, 6.07) is 0. The van der Waals surface area contributed by atoms with E-state index in [0.29, 0.717) is 19.3 Å². The van der Waals surface area contributed by atoms with Crippen molar-refractivity contribution in [1.82, 2.24) is 0 Å². The van der Waals surface area contributed by atoms with Gasteiger partial charge in [-0.15, -0.1) is 0 Å². The van der Waals surface area contributed by atoms with Crippen LogP contribution < -0.4 is 0 Å². The number of allylic oxidation sites excluding steroid dienone is 30. The Morgan fingerprint density at radius 3 is 0.687 bits per heavy atom. The largest absolute Gasteiger partial charge is 0.472 e. The highest BCUT2D eigenvalue weighted by Crippen LogP contribution is 2.45. The number of hydrogen-bond donors (Lipinski definition) is 4. The zero-order valence-corrected chi connectivity index (χ0v) is 73.9. The Bertz CT molecular complexity index is 2820. The molecule has 0 aromatic rings. The van der Waals surface area contributed by atoms with Crippen molar-refractivity contribution in [2.45, 2.75) is 373 Å².